The van der Waals surface area contributed by atoms with Crippen molar-refractivity contribution in [3.05, 3.63) is 16.9 Å². The van der Waals surface area contributed by atoms with E-state index in [2.05, 4.69) is 5.10 Å². The molecule has 1 aromatic rings. The first kappa shape index (κ1) is 9.03. The van der Waals surface area contributed by atoms with Gasteiger partial charge in [-0.05, 0) is 19.3 Å². The second kappa shape index (κ2) is 3.68. The zero-order valence-corrected chi connectivity index (χ0v) is 8.17. The standard InChI is InChI=1S/C9H13ClN2O/c10-9-7(4-5-13)6-11-12(9)8-2-1-3-8/h6,8,13H,1-5H2. The van der Waals surface area contributed by atoms with Crippen LogP contribution in [0, 0.1) is 0 Å². The molecule has 0 aromatic carbocycles. The van der Waals surface area contributed by atoms with Crippen LogP contribution in [0.2, 0.25) is 5.15 Å². The first-order chi connectivity index (χ1) is 6.33. The molecule has 13 heavy (non-hydrogen) atoms. The smallest absolute Gasteiger partial charge is 0.130 e. The second-order valence-electron chi connectivity index (χ2n) is 3.46. The van der Waals surface area contributed by atoms with Crippen molar-refractivity contribution in [2.45, 2.75) is 31.7 Å². The molecule has 1 saturated carbocycles. The Bertz CT molecular complexity index is 294. The fraction of sp³-hybridized carbons (Fsp3) is 0.667. The zero-order valence-electron chi connectivity index (χ0n) is 7.41. The van der Waals surface area contributed by atoms with Gasteiger partial charge in [0.1, 0.15) is 5.15 Å². The van der Waals surface area contributed by atoms with E-state index in [-0.39, 0.29) is 6.61 Å². The molecule has 0 aliphatic heterocycles. The lowest BCUT2D eigenvalue weighted by Crippen LogP contribution is -2.18. The predicted molar refractivity (Wildman–Crippen MR) is 50.9 cm³/mol. The molecular formula is C9H13ClN2O. The van der Waals surface area contributed by atoms with Crippen molar-refractivity contribution < 1.29 is 5.11 Å². The van der Waals surface area contributed by atoms with E-state index in [1.807, 2.05) is 4.68 Å². The number of rotatable bonds is 3. The monoisotopic (exact) mass is 200 g/mol. The van der Waals surface area contributed by atoms with E-state index in [0.717, 1.165) is 5.56 Å². The first-order valence-corrected chi connectivity index (χ1v) is 5.03. The van der Waals surface area contributed by atoms with Gasteiger partial charge in [0.15, 0.2) is 0 Å². The maximum Gasteiger partial charge on any atom is 0.130 e. The van der Waals surface area contributed by atoms with Gasteiger partial charge >= 0.3 is 0 Å². The Balaban J connectivity index is 2.17. The van der Waals surface area contributed by atoms with Gasteiger partial charge in [0, 0.05) is 18.6 Å². The topological polar surface area (TPSA) is 38.1 Å². The average Bonchev–Trinajstić information content (AvgIpc) is 2.34. The molecule has 1 aliphatic rings. The highest BCUT2D eigenvalue weighted by atomic mass is 35.5. The number of halogens is 1. The summed E-state index contributed by atoms with van der Waals surface area (Å²) in [6.45, 7) is 0.135. The predicted octanol–water partition coefficient (Wildman–Crippen LogP) is 1.80. The molecule has 3 nitrogen and oxygen atoms in total. The fourth-order valence-corrected chi connectivity index (χ4v) is 1.88. The minimum atomic E-state index is 0.135. The van der Waals surface area contributed by atoms with Gasteiger partial charge < -0.3 is 5.11 Å². The van der Waals surface area contributed by atoms with E-state index in [1.54, 1.807) is 6.20 Å². The van der Waals surface area contributed by atoms with Crippen LogP contribution in [0.5, 0.6) is 0 Å². The minimum absolute atomic E-state index is 0.135. The van der Waals surface area contributed by atoms with Crippen LogP contribution in [0.4, 0.5) is 0 Å². The normalized spacial score (nSPS) is 17.4. The number of aromatic nitrogens is 2. The van der Waals surface area contributed by atoms with Crippen LogP contribution in [0.15, 0.2) is 6.20 Å². The Kier molecular flexibility index (Phi) is 2.56. The van der Waals surface area contributed by atoms with Gasteiger partial charge in [-0.2, -0.15) is 5.10 Å². The van der Waals surface area contributed by atoms with Crippen LogP contribution < -0.4 is 0 Å². The van der Waals surface area contributed by atoms with Gasteiger partial charge in [0.2, 0.25) is 0 Å². The summed E-state index contributed by atoms with van der Waals surface area (Å²) in [5.41, 5.74) is 0.955. The van der Waals surface area contributed by atoms with Gasteiger partial charge in [-0.3, -0.25) is 4.68 Å². The Labute approximate surface area is 82.3 Å². The second-order valence-corrected chi connectivity index (χ2v) is 3.82. The van der Waals surface area contributed by atoms with Crippen molar-refractivity contribution >= 4 is 11.6 Å². The molecule has 72 valence electrons. The van der Waals surface area contributed by atoms with Gasteiger partial charge in [0.05, 0.1) is 12.2 Å². The molecule has 0 saturated heterocycles. The lowest BCUT2D eigenvalue weighted by Gasteiger charge is -2.26. The Morgan fingerprint density at radius 2 is 2.38 bits per heavy atom. The molecule has 0 spiro atoms. The highest BCUT2D eigenvalue weighted by Gasteiger charge is 2.23. The molecule has 1 N–H and O–H groups in total. The molecule has 0 amide bonds. The van der Waals surface area contributed by atoms with E-state index in [0.29, 0.717) is 17.6 Å². The molecule has 2 rings (SSSR count). The lowest BCUT2D eigenvalue weighted by atomic mass is 9.93. The Morgan fingerprint density at radius 3 is 2.92 bits per heavy atom. The maximum atomic E-state index is 8.77. The van der Waals surface area contributed by atoms with Crippen LogP contribution >= 0.6 is 11.6 Å². The molecule has 1 aromatic heterocycles. The van der Waals surface area contributed by atoms with Gasteiger partial charge in [0.25, 0.3) is 0 Å². The Hall–Kier alpha value is -0.540. The third-order valence-corrected chi connectivity index (χ3v) is 3.02. The Morgan fingerprint density at radius 1 is 1.62 bits per heavy atom. The van der Waals surface area contributed by atoms with Gasteiger partial charge in [-0.1, -0.05) is 11.6 Å². The summed E-state index contributed by atoms with van der Waals surface area (Å²) in [5, 5.41) is 13.7. The summed E-state index contributed by atoms with van der Waals surface area (Å²) in [6, 6.07) is 0.500. The van der Waals surface area contributed by atoms with Crippen LogP contribution in [0.3, 0.4) is 0 Å². The highest BCUT2D eigenvalue weighted by molar-refractivity contribution is 6.30. The molecule has 0 atom stereocenters. The lowest BCUT2D eigenvalue weighted by molar-refractivity contribution is 0.288. The fourth-order valence-electron chi connectivity index (χ4n) is 1.56. The van der Waals surface area contributed by atoms with E-state index in [1.165, 1.54) is 19.3 Å². The van der Waals surface area contributed by atoms with Gasteiger partial charge in [-0.25, -0.2) is 0 Å². The molecule has 0 radical (unpaired) electrons. The van der Waals surface area contributed by atoms with Crippen LogP contribution in [0.1, 0.15) is 30.9 Å². The third kappa shape index (κ3) is 1.58. The third-order valence-electron chi connectivity index (χ3n) is 2.61. The van der Waals surface area contributed by atoms with Gasteiger partial charge in [-0.15, -0.1) is 0 Å². The van der Waals surface area contributed by atoms with E-state index < -0.39 is 0 Å². The zero-order chi connectivity index (χ0) is 9.26. The largest absolute Gasteiger partial charge is 0.396 e. The van der Waals surface area contributed by atoms with E-state index in [4.69, 9.17) is 16.7 Å². The molecule has 1 fully saturated rings. The molecular weight excluding hydrogens is 188 g/mol. The number of hydrogen-bond acceptors (Lipinski definition) is 2. The first-order valence-electron chi connectivity index (χ1n) is 4.65. The summed E-state index contributed by atoms with van der Waals surface area (Å²) in [4.78, 5) is 0. The summed E-state index contributed by atoms with van der Waals surface area (Å²) in [7, 11) is 0. The van der Waals surface area contributed by atoms with E-state index >= 15 is 0 Å². The highest BCUT2D eigenvalue weighted by Crippen LogP contribution is 2.34. The van der Waals surface area contributed by atoms with Crippen molar-refractivity contribution in [3.8, 4) is 0 Å². The molecule has 1 heterocycles. The van der Waals surface area contributed by atoms with Crippen LogP contribution in [-0.2, 0) is 6.42 Å². The summed E-state index contributed by atoms with van der Waals surface area (Å²) in [5.74, 6) is 0. The summed E-state index contributed by atoms with van der Waals surface area (Å²) >= 11 is 6.10. The van der Waals surface area contributed by atoms with Crippen molar-refractivity contribution in [1.29, 1.82) is 0 Å². The quantitative estimate of drug-likeness (QED) is 0.808. The van der Waals surface area contributed by atoms with Crippen LogP contribution in [-0.4, -0.2) is 21.5 Å². The number of hydrogen-bond donors (Lipinski definition) is 1. The summed E-state index contributed by atoms with van der Waals surface area (Å²) < 4.78 is 1.88. The average molecular weight is 201 g/mol. The van der Waals surface area contributed by atoms with Crippen molar-refractivity contribution in [2.75, 3.05) is 6.61 Å². The molecule has 0 bridgehead atoms. The molecule has 1 aliphatic carbocycles. The number of aliphatic hydroxyl groups is 1. The van der Waals surface area contributed by atoms with Crippen LogP contribution in [0.25, 0.3) is 0 Å². The van der Waals surface area contributed by atoms with Crippen molar-refractivity contribution in [1.82, 2.24) is 9.78 Å². The number of nitrogens with zero attached hydrogens (tertiary/aromatic N) is 2. The van der Waals surface area contributed by atoms with Crippen molar-refractivity contribution in [3.63, 3.8) is 0 Å². The SMILES string of the molecule is OCCc1cnn(C2CCC2)c1Cl. The number of aliphatic hydroxyl groups excluding tert-OH is 1. The summed E-state index contributed by atoms with van der Waals surface area (Å²) in [6.07, 6.45) is 6.00. The van der Waals surface area contributed by atoms with E-state index in [9.17, 15) is 0 Å². The molecule has 0 unspecified atom stereocenters. The maximum absolute atomic E-state index is 8.77. The molecule has 4 heteroatoms. The van der Waals surface area contributed by atoms with Crippen molar-refractivity contribution in [2.24, 2.45) is 0 Å². The minimum Gasteiger partial charge on any atom is -0.396 e.